The van der Waals surface area contributed by atoms with Crippen LogP contribution in [0.25, 0.3) is 0 Å². The lowest BCUT2D eigenvalue weighted by atomic mass is 10.1. The maximum Gasteiger partial charge on any atom is 0.0992 e. The van der Waals surface area contributed by atoms with E-state index in [0.717, 1.165) is 16.3 Å². The lowest BCUT2D eigenvalue weighted by Gasteiger charge is -2.36. The molecule has 20 heavy (non-hydrogen) atoms. The van der Waals surface area contributed by atoms with Crippen molar-refractivity contribution < 1.29 is 5.11 Å². The average molecular weight is 282 g/mol. The maximum atomic E-state index is 9.55. The van der Waals surface area contributed by atoms with E-state index in [1.807, 2.05) is 37.3 Å². The number of hydrogen-bond donors (Lipinski definition) is 1. The highest BCUT2D eigenvalue weighted by Gasteiger charge is 2.26. The Balaban J connectivity index is 2.19. The molecule has 1 aliphatic rings. The first-order chi connectivity index (χ1) is 9.74. The van der Waals surface area contributed by atoms with Gasteiger partial charge in [-0.05, 0) is 37.3 Å². The van der Waals surface area contributed by atoms with Gasteiger partial charge in [0, 0.05) is 9.79 Å². The van der Waals surface area contributed by atoms with Crippen molar-refractivity contribution in [2.75, 3.05) is 11.5 Å². The smallest absolute Gasteiger partial charge is 0.0992 e. The molecule has 1 aliphatic heterocycles. The van der Waals surface area contributed by atoms with E-state index in [1.165, 1.54) is 4.90 Å². The fourth-order valence-electron chi connectivity index (χ4n) is 2.41. The van der Waals surface area contributed by atoms with Gasteiger partial charge in [-0.15, -0.1) is 0 Å². The molecule has 0 aliphatic carbocycles. The Morgan fingerprint density at radius 2 is 1.95 bits per heavy atom. The zero-order valence-corrected chi connectivity index (χ0v) is 11.9. The predicted octanol–water partition coefficient (Wildman–Crippen LogP) is 3.54. The van der Waals surface area contributed by atoms with Gasteiger partial charge >= 0.3 is 0 Å². The molecule has 3 rings (SSSR count). The Morgan fingerprint density at radius 1 is 1.20 bits per heavy atom. The van der Waals surface area contributed by atoms with E-state index < -0.39 is 0 Å². The van der Waals surface area contributed by atoms with Crippen molar-refractivity contribution in [1.82, 2.24) is 0 Å². The number of fused-ring (bicyclic) bond motifs is 2. The summed E-state index contributed by atoms with van der Waals surface area (Å²) in [5, 5.41) is 18.6. The first-order valence-electron chi connectivity index (χ1n) is 6.45. The third-order valence-corrected chi connectivity index (χ3v) is 4.53. The molecule has 1 heterocycles. The van der Waals surface area contributed by atoms with Gasteiger partial charge in [0.15, 0.2) is 0 Å². The quantitative estimate of drug-likeness (QED) is 0.915. The van der Waals surface area contributed by atoms with Crippen LogP contribution in [0.3, 0.4) is 0 Å². The normalized spacial score (nSPS) is 14.2. The van der Waals surface area contributed by atoms with E-state index in [2.05, 4.69) is 23.1 Å². The van der Waals surface area contributed by atoms with Gasteiger partial charge in [-0.3, -0.25) is 0 Å². The van der Waals surface area contributed by atoms with Crippen LogP contribution < -0.4 is 4.90 Å². The number of nitriles is 1. The highest BCUT2D eigenvalue weighted by Crippen LogP contribution is 2.48. The highest BCUT2D eigenvalue weighted by molar-refractivity contribution is 7.99. The summed E-state index contributed by atoms with van der Waals surface area (Å²) in [6, 6.07) is 16.0. The van der Waals surface area contributed by atoms with E-state index in [9.17, 15) is 5.11 Å². The minimum absolute atomic E-state index is 0.0373. The summed E-state index contributed by atoms with van der Waals surface area (Å²) in [5.41, 5.74) is 2.72. The SMILES string of the molecule is C[C@H](CO)N1c2ccccc2Sc2ccc(C#N)cc21. The van der Waals surface area contributed by atoms with Crippen LogP contribution in [0.15, 0.2) is 52.3 Å². The van der Waals surface area contributed by atoms with Gasteiger partial charge in [0.2, 0.25) is 0 Å². The van der Waals surface area contributed by atoms with E-state index in [1.54, 1.807) is 11.8 Å². The summed E-state index contributed by atoms with van der Waals surface area (Å²) in [5.74, 6) is 0. The lowest BCUT2D eigenvalue weighted by molar-refractivity contribution is 0.272. The van der Waals surface area contributed by atoms with Crippen molar-refractivity contribution in [2.24, 2.45) is 0 Å². The third kappa shape index (κ3) is 2.05. The molecule has 100 valence electrons. The van der Waals surface area contributed by atoms with Crippen LogP contribution in [0.2, 0.25) is 0 Å². The molecule has 0 radical (unpaired) electrons. The van der Waals surface area contributed by atoms with Gasteiger partial charge in [0.05, 0.1) is 35.7 Å². The fourth-order valence-corrected chi connectivity index (χ4v) is 3.46. The second-order valence-corrected chi connectivity index (χ2v) is 5.85. The number of aliphatic hydroxyl groups excluding tert-OH is 1. The van der Waals surface area contributed by atoms with Crippen molar-refractivity contribution in [3.8, 4) is 6.07 Å². The van der Waals surface area contributed by atoms with Crippen molar-refractivity contribution in [1.29, 1.82) is 5.26 Å². The third-order valence-electron chi connectivity index (χ3n) is 3.40. The zero-order valence-electron chi connectivity index (χ0n) is 11.1. The maximum absolute atomic E-state index is 9.55. The van der Waals surface area contributed by atoms with E-state index in [0.29, 0.717) is 5.56 Å². The number of para-hydroxylation sites is 1. The number of benzene rings is 2. The van der Waals surface area contributed by atoms with Gasteiger partial charge in [0.25, 0.3) is 0 Å². The van der Waals surface area contributed by atoms with Gasteiger partial charge in [0.1, 0.15) is 0 Å². The molecule has 0 amide bonds. The number of aliphatic hydroxyl groups is 1. The van der Waals surface area contributed by atoms with E-state index in [4.69, 9.17) is 5.26 Å². The Kier molecular flexibility index (Phi) is 3.39. The largest absolute Gasteiger partial charge is 0.394 e. The molecule has 1 atom stereocenters. The number of anilines is 2. The molecule has 3 nitrogen and oxygen atoms in total. The number of nitrogens with zero attached hydrogens (tertiary/aromatic N) is 2. The second-order valence-electron chi connectivity index (χ2n) is 4.77. The minimum Gasteiger partial charge on any atom is -0.394 e. The van der Waals surface area contributed by atoms with Crippen molar-refractivity contribution in [3.05, 3.63) is 48.0 Å². The van der Waals surface area contributed by atoms with Crippen LogP contribution in [0.1, 0.15) is 12.5 Å². The zero-order chi connectivity index (χ0) is 14.1. The van der Waals surface area contributed by atoms with Crippen molar-refractivity contribution in [2.45, 2.75) is 22.8 Å². The highest BCUT2D eigenvalue weighted by atomic mass is 32.2. The van der Waals surface area contributed by atoms with Gasteiger partial charge < -0.3 is 10.0 Å². The van der Waals surface area contributed by atoms with Crippen LogP contribution in [-0.2, 0) is 0 Å². The fraction of sp³-hybridized carbons (Fsp3) is 0.188. The molecular weight excluding hydrogens is 268 g/mol. The van der Waals surface area contributed by atoms with Crippen LogP contribution in [0.4, 0.5) is 11.4 Å². The van der Waals surface area contributed by atoms with Crippen molar-refractivity contribution in [3.63, 3.8) is 0 Å². The lowest BCUT2D eigenvalue weighted by Crippen LogP contribution is -2.33. The summed E-state index contributed by atoms with van der Waals surface area (Å²) < 4.78 is 0. The van der Waals surface area contributed by atoms with Crippen LogP contribution >= 0.6 is 11.8 Å². The molecule has 0 fully saturated rings. The summed E-state index contributed by atoms with van der Waals surface area (Å²) in [7, 11) is 0. The molecule has 2 aromatic rings. The predicted molar refractivity (Wildman–Crippen MR) is 80.4 cm³/mol. The Morgan fingerprint density at radius 3 is 2.70 bits per heavy atom. The van der Waals surface area contributed by atoms with Crippen molar-refractivity contribution >= 4 is 23.1 Å². The van der Waals surface area contributed by atoms with E-state index >= 15 is 0 Å². The molecule has 0 saturated carbocycles. The Hall–Kier alpha value is -1.96. The Bertz CT molecular complexity index is 693. The minimum atomic E-state index is -0.0373. The molecule has 0 saturated heterocycles. The number of hydrogen-bond acceptors (Lipinski definition) is 4. The molecular formula is C16H14N2OS. The summed E-state index contributed by atoms with van der Waals surface area (Å²) >= 11 is 1.70. The molecule has 2 aromatic carbocycles. The van der Waals surface area contributed by atoms with Crippen LogP contribution in [0.5, 0.6) is 0 Å². The number of rotatable bonds is 2. The van der Waals surface area contributed by atoms with E-state index in [-0.39, 0.29) is 12.6 Å². The molecule has 4 heteroatoms. The molecule has 0 unspecified atom stereocenters. The molecule has 0 spiro atoms. The first kappa shape index (κ1) is 13.0. The van der Waals surface area contributed by atoms with Crippen LogP contribution in [-0.4, -0.2) is 17.8 Å². The molecule has 1 N–H and O–H groups in total. The summed E-state index contributed by atoms with van der Waals surface area (Å²) in [4.78, 5) is 4.40. The summed E-state index contributed by atoms with van der Waals surface area (Å²) in [6.07, 6.45) is 0. The standard InChI is InChI=1S/C16H14N2OS/c1-11(10-19)18-13-4-2-3-5-15(13)20-16-7-6-12(9-17)8-14(16)18/h2-8,11,19H,10H2,1H3/t11-/m1/s1. The Labute approximate surface area is 122 Å². The van der Waals surface area contributed by atoms with Gasteiger partial charge in [-0.2, -0.15) is 5.26 Å². The van der Waals surface area contributed by atoms with Gasteiger partial charge in [-0.1, -0.05) is 23.9 Å². The van der Waals surface area contributed by atoms with Gasteiger partial charge in [-0.25, -0.2) is 0 Å². The summed E-state index contributed by atoms with van der Waals surface area (Å²) in [6.45, 7) is 2.05. The topological polar surface area (TPSA) is 47.3 Å². The molecule has 0 bridgehead atoms. The average Bonchev–Trinajstić information content (AvgIpc) is 2.51. The van der Waals surface area contributed by atoms with Crippen LogP contribution in [0, 0.1) is 11.3 Å². The first-order valence-corrected chi connectivity index (χ1v) is 7.27. The molecule has 0 aromatic heterocycles. The second kappa shape index (κ2) is 5.20. The monoisotopic (exact) mass is 282 g/mol.